The third-order valence-electron chi connectivity index (χ3n) is 2.87. The second-order valence-corrected chi connectivity index (χ2v) is 5.21. The predicted molar refractivity (Wildman–Crippen MR) is 76.9 cm³/mol. The fourth-order valence-electron chi connectivity index (χ4n) is 1.98. The number of halogens is 2. The summed E-state index contributed by atoms with van der Waals surface area (Å²) < 4.78 is 0. The molecule has 3 heteroatoms. The summed E-state index contributed by atoms with van der Waals surface area (Å²) in [6, 6.07) is 7.99. The standard InChI is InChI=1S/C14H21Cl2N/c1-2-4-12(7-8-15)10-17-11-13-5-3-6-14(16)9-13/h3,5-6,9,12,17H,2,4,7-8,10-11H2,1H3. The molecule has 1 atom stereocenters. The first kappa shape index (κ1) is 14.8. The Balaban J connectivity index is 2.30. The first-order chi connectivity index (χ1) is 8.26. The molecule has 0 aliphatic rings. The molecular weight excluding hydrogens is 253 g/mol. The molecule has 0 spiro atoms. The Hall–Kier alpha value is -0.240. The number of hydrogen-bond acceptors (Lipinski definition) is 1. The Labute approximate surface area is 115 Å². The molecule has 1 aromatic rings. The van der Waals surface area contributed by atoms with E-state index in [4.69, 9.17) is 23.2 Å². The van der Waals surface area contributed by atoms with Crippen LogP contribution in [0, 0.1) is 5.92 Å². The lowest BCUT2D eigenvalue weighted by molar-refractivity contribution is 0.430. The van der Waals surface area contributed by atoms with Crippen LogP contribution in [0.5, 0.6) is 0 Å². The molecule has 1 unspecified atom stereocenters. The van der Waals surface area contributed by atoms with Gasteiger partial charge in [0.05, 0.1) is 0 Å². The highest BCUT2D eigenvalue weighted by Gasteiger charge is 2.06. The van der Waals surface area contributed by atoms with Crippen molar-refractivity contribution in [2.24, 2.45) is 5.92 Å². The molecule has 0 bridgehead atoms. The number of nitrogens with one attached hydrogen (secondary N) is 1. The second-order valence-electron chi connectivity index (χ2n) is 4.39. The quantitative estimate of drug-likeness (QED) is 0.689. The topological polar surface area (TPSA) is 12.0 Å². The van der Waals surface area contributed by atoms with Gasteiger partial charge in [-0.1, -0.05) is 37.1 Å². The van der Waals surface area contributed by atoms with E-state index in [9.17, 15) is 0 Å². The van der Waals surface area contributed by atoms with Crippen LogP contribution >= 0.6 is 23.2 Å². The summed E-state index contributed by atoms with van der Waals surface area (Å²) in [4.78, 5) is 0. The van der Waals surface area contributed by atoms with Gasteiger partial charge in [0, 0.05) is 17.4 Å². The van der Waals surface area contributed by atoms with Crippen molar-refractivity contribution in [1.82, 2.24) is 5.32 Å². The zero-order chi connectivity index (χ0) is 12.5. The molecule has 0 amide bonds. The maximum atomic E-state index is 5.94. The molecule has 0 aliphatic carbocycles. The lowest BCUT2D eigenvalue weighted by Gasteiger charge is -2.15. The van der Waals surface area contributed by atoms with Crippen molar-refractivity contribution >= 4 is 23.2 Å². The molecule has 0 aliphatic heterocycles. The van der Waals surface area contributed by atoms with Gasteiger partial charge in [0.25, 0.3) is 0 Å². The molecule has 0 saturated carbocycles. The summed E-state index contributed by atoms with van der Waals surface area (Å²) in [5.41, 5.74) is 1.23. The number of rotatable bonds is 8. The van der Waals surface area contributed by atoms with Crippen LogP contribution in [0.4, 0.5) is 0 Å². The molecule has 1 aromatic carbocycles. The van der Waals surface area contributed by atoms with E-state index >= 15 is 0 Å². The monoisotopic (exact) mass is 273 g/mol. The van der Waals surface area contributed by atoms with Crippen molar-refractivity contribution in [3.05, 3.63) is 34.9 Å². The van der Waals surface area contributed by atoms with Crippen LogP contribution in [0.1, 0.15) is 31.7 Å². The number of hydrogen-bond donors (Lipinski definition) is 1. The summed E-state index contributed by atoms with van der Waals surface area (Å²) >= 11 is 11.7. The first-order valence-corrected chi connectivity index (χ1v) is 7.18. The maximum absolute atomic E-state index is 5.94. The third kappa shape index (κ3) is 6.30. The van der Waals surface area contributed by atoms with Gasteiger partial charge in [-0.05, 0) is 43.0 Å². The van der Waals surface area contributed by atoms with Crippen LogP contribution in [0.3, 0.4) is 0 Å². The van der Waals surface area contributed by atoms with Crippen LogP contribution < -0.4 is 5.32 Å². The average molecular weight is 274 g/mol. The van der Waals surface area contributed by atoms with Crippen molar-refractivity contribution in [2.75, 3.05) is 12.4 Å². The van der Waals surface area contributed by atoms with Gasteiger partial charge < -0.3 is 5.32 Å². The van der Waals surface area contributed by atoms with E-state index in [0.717, 1.165) is 30.4 Å². The SMILES string of the molecule is CCCC(CCCl)CNCc1cccc(Cl)c1. The van der Waals surface area contributed by atoms with E-state index in [2.05, 4.69) is 18.3 Å². The summed E-state index contributed by atoms with van der Waals surface area (Å²) in [5, 5.41) is 4.28. The van der Waals surface area contributed by atoms with Crippen LogP contribution in [-0.2, 0) is 6.54 Å². The molecule has 96 valence electrons. The van der Waals surface area contributed by atoms with E-state index in [-0.39, 0.29) is 0 Å². The highest BCUT2D eigenvalue weighted by atomic mass is 35.5. The minimum atomic E-state index is 0.691. The molecule has 0 radical (unpaired) electrons. The van der Waals surface area contributed by atoms with Gasteiger partial charge in [0.15, 0.2) is 0 Å². The van der Waals surface area contributed by atoms with Gasteiger partial charge in [0.2, 0.25) is 0 Å². The normalized spacial score (nSPS) is 12.6. The van der Waals surface area contributed by atoms with Gasteiger partial charge in [-0.15, -0.1) is 11.6 Å². The van der Waals surface area contributed by atoms with Crippen LogP contribution in [0.25, 0.3) is 0 Å². The number of benzene rings is 1. The Morgan fingerprint density at radius 3 is 2.76 bits per heavy atom. The zero-order valence-electron chi connectivity index (χ0n) is 10.4. The molecule has 1 nitrogen and oxygen atoms in total. The maximum Gasteiger partial charge on any atom is 0.0409 e. The van der Waals surface area contributed by atoms with Gasteiger partial charge >= 0.3 is 0 Å². The van der Waals surface area contributed by atoms with Crippen LogP contribution in [-0.4, -0.2) is 12.4 Å². The van der Waals surface area contributed by atoms with Crippen LogP contribution in [0.2, 0.25) is 5.02 Å². The molecule has 0 fully saturated rings. The average Bonchev–Trinajstić information content (AvgIpc) is 2.30. The fourth-order valence-corrected chi connectivity index (χ4v) is 2.50. The molecule has 1 N–H and O–H groups in total. The van der Waals surface area contributed by atoms with Crippen molar-refractivity contribution in [2.45, 2.75) is 32.7 Å². The van der Waals surface area contributed by atoms with E-state index in [1.165, 1.54) is 18.4 Å². The Morgan fingerprint density at radius 1 is 1.29 bits per heavy atom. The largest absolute Gasteiger partial charge is 0.312 e. The number of alkyl halides is 1. The predicted octanol–water partition coefficient (Wildman–Crippen LogP) is 4.47. The fraction of sp³-hybridized carbons (Fsp3) is 0.571. The van der Waals surface area contributed by atoms with Crippen LogP contribution in [0.15, 0.2) is 24.3 Å². The molecule has 0 saturated heterocycles. The minimum absolute atomic E-state index is 0.691. The van der Waals surface area contributed by atoms with Crippen molar-refractivity contribution in [3.63, 3.8) is 0 Å². The van der Waals surface area contributed by atoms with E-state index in [1.54, 1.807) is 0 Å². The third-order valence-corrected chi connectivity index (χ3v) is 3.32. The van der Waals surface area contributed by atoms with Gasteiger partial charge in [-0.3, -0.25) is 0 Å². The Bertz CT molecular complexity index is 309. The van der Waals surface area contributed by atoms with E-state index in [0.29, 0.717) is 5.92 Å². The summed E-state index contributed by atoms with van der Waals surface area (Å²) in [7, 11) is 0. The lowest BCUT2D eigenvalue weighted by atomic mass is 10.0. The van der Waals surface area contributed by atoms with Crippen molar-refractivity contribution < 1.29 is 0 Å². The Kier molecular flexibility index (Phi) is 7.67. The first-order valence-electron chi connectivity index (χ1n) is 6.27. The summed E-state index contributed by atoms with van der Waals surface area (Å²) in [6.45, 7) is 4.13. The summed E-state index contributed by atoms with van der Waals surface area (Å²) in [5.74, 6) is 1.44. The lowest BCUT2D eigenvalue weighted by Crippen LogP contribution is -2.22. The highest BCUT2D eigenvalue weighted by Crippen LogP contribution is 2.13. The Morgan fingerprint density at radius 2 is 2.12 bits per heavy atom. The van der Waals surface area contributed by atoms with E-state index < -0.39 is 0 Å². The smallest absolute Gasteiger partial charge is 0.0409 e. The molecule has 1 rings (SSSR count). The minimum Gasteiger partial charge on any atom is -0.312 e. The zero-order valence-corrected chi connectivity index (χ0v) is 11.9. The molecular formula is C14H21Cl2N. The molecule has 0 aromatic heterocycles. The van der Waals surface area contributed by atoms with Crippen molar-refractivity contribution in [1.29, 1.82) is 0 Å². The molecule has 0 heterocycles. The molecule has 17 heavy (non-hydrogen) atoms. The summed E-state index contributed by atoms with van der Waals surface area (Å²) in [6.07, 6.45) is 3.56. The van der Waals surface area contributed by atoms with Gasteiger partial charge in [0.1, 0.15) is 0 Å². The second kappa shape index (κ2) is 8.79. The van der Waals surface area contributed by atoms with Crippen molar-refractivity contribution in [3.8, 4) is 0 Å². The van der Waals surface area contributed by atoms with Gasteiger partial charge in [-0.25, -0.2) is 0 Å². The van der Waals surface area contributed by atoms with E-state index in [1.807, 2.05) is 18.2 Å². The highest BCUT2D eigenvalue weighted by molar-refractivity contribution is 6.30. The van der Waals surface area contributed by atoms with Gasteiger partial charge in [-0.2, -0.15) is 0 Å².